The van der Waals surface area contributed by atoms with Crippen molar-refractivity contribution in [3.63, 3.8) is 0 Å². The summed E-state index contributed by atoms with van der Waals surface area (Å²) in [5.74, 6) is -0.848. The number of hydrogen-bond acceptors (Lipinski definition) is 5. The van der Waals surface area contributed by atoms with Crippen LogP contribution in [0.3, 0.4) is 0 Å². The first-order valence-corrected chi connectivity index (χ1v) is 4.24. The molecule has 1 atom stereocenters. The van der Waals surface area contributed by atoms with Crippen LogP contribution in [0.25, 0.3) is 0 Å². The smallest absolute Gasteiger partial charge is 0.375 e. The zero-order valence-corrected chi connectivity index (χ0v) is 7.36. The number of carboxylic acid groups (broad SMARTS) is 1. The zero-order chi connectivity index (χ0) is 9.97. The average Bonchev–Trinajstić information content (AvgIpc) is 2.68. The van der Waals surface area contributed by atoms with Crippen molar-refractivity contribution in [1.29, 1.82) is 0 Å². The Balaban J connectivity index is 2.11. The summed E-state index contributed by atoms with van der Waals surface area (Å²) in [6.45, 7) is 1.87. The van der Waals surface area contributed by atoms with Crippen LogP contribution in [0.4, 0.5) is 0 Å². The highest BCUT2D eigenvalue weighted by Gasteiger charge is 2.20. The van der Waals surface area contributed by atoms with Crippen LogP contribution in [0, 0.1) is 0 Å². The fraction of sp³-hybridized carbons (Fsp3) is 0.571. The van der Waals surface area contributed by atoms with Gasteiger partial charge in [-0.05, 0) is 0 Å². The van der Waals surface area contributed by atoms with Crippen molar-refractivity contribution in [3.8, 4) is 0 Å². The monoisotopic (exact) mass is 198 g/mol. The molecule has 1 fully saturated rings. The fourth-order valence-corrected chi connectivity index (χ4v) is 1.27. The molecular weight excluding hydrogens is 188 g/mol. The van der Waals surface area contributed by atoms with Crippen LogP contribution in [0.2, 0.25) is 0 Å². The minimum atomic E-state index is -1.13. The Kier molecular flexibility index (Phi) is 2.42. The van der Waals surface area contributed by atoms with Gasteiger partial charge in [0.05, 0.1) is 19.3 Å². The second-order valence-corrected chi connectivity index (χ2v) is 2.93. The Morgan fingerprint density at radius 1 is 1.64 bits per heavy atom. The maximum atomic E-state index is 10.5. The molecule has 7 nitrogen and oxygen atoms in total. The summed E-state index contributed by atoms with van der Waals surface area (Å²) < 4.78 is 5.21. The highest BCUT2D eigenvalue weighted by atomic mass is 16.5. The highest BCUT2D eigenvalue weighted by molar-refractivity contribution is 5.82. The molecule has 0 saturated carbocycles. The molecule has 0 amide bonds. The lowest BCUT2D eigenvalue weighted by molar-refractivity contribution is 0.0680. The van der Waals surface area contributed by atoms with E-state index in [9.17, 15) is 4.79 Å². The van der Waals surface area contributed by atoms with Gasteiger partial charge in [-0.1, -0.05) is 0 Å². The van der Waals surface area contributed by atoms with Gasteiger partial charge in [-0.15, -0.1) is 5.10 Å². The Labute approximate surface area is 79.5 Å². The van der Waals surface area contributed by atoms with Crippen molar-refractivity contribution < 1.29 is 14.6 Å². The molecule has 0 bridgehead atoms. The van der Waals surface area contributed by atoms with Crippen molar-refractivity contribution in [2.75, 3.05) is 19.8 Å². The molecule has 2 heterocycles. The summed E-state index contributed by atoms with van der Waals surface area (Å²) in [6.07, 6.45) is 0. The molecule has 1 saturated heterocycles. The highest BCUT2D eigenvalue weighted by Crippen LogP contribution is 2.10. The van der Waals surface area contributed by atoms with Crippen LogP contribution in [0.15, 0.2) is 0 Å². The van der Waals surface area contributed by atoms with Gasteiger partial charge in [0.1, 0.15) is 5.82 Å². The third-order valence-corrected chi connectivity index (χ3v) is 1.95. The van der Waals surface area contributed by atoms with E-state index in [0.717, 1.165) is 6.54 Å². The number of hydrogen-bond donors (Lipinski definition) is 3. The lowest BCUT2D eigenvalue weighted by Crippen LogP contribution is -2.35. The van der Waals surface area contributed by atoms with Crippen LogP contribution >= 0.6 is 0 Å². The van der Waals surface area contributed by atoms with E-state index < -0.39 is 5.97 Å². The molecule has 1 aliphatic rings. The molecular formula is C7H10N4O3. The van der Waals surface area contributed by atoms with Gasteiger partial charge in [0.25, 0.3) is 5.82 Å². The van der Waals surface area contributed by atoms with Crippen molar-refractivity contribution in [2.24, 2.45) is 0 Å². The van der Waals surface area contributed by atoms with Gasteiger partial charge >= 0.3 is 5.97 Å². The molecule has 0 aromatic carbocycles. The summed E-state index contributed by atoms with van der Waals surface area (Å²) in [5.41, 5.74) is 0. The Bertz CT molecular complexity index is 331. The molecule has 14 heavy (non-hydrogen) atoms. The van der Waals surface area contributed by atoms with E-state index >= 15 is 0 Å². The molecule has 3 N–H and O–H groups in total. The minimum Gasteiger partial charge on any atom is -0.475 e. The quantitative estimate of drug-likeness (QED) is 0.573. The maximum absolute atomic E-state index is 10.5. The van der Waals surface area contributed by atoms with Crippen molar-refractivity contribution in [2.45, 2.75) is 6.04 Å². The van der Waals surface area contributed by atoms with Crippen molar-refractivity contribution in [1.82, 2.24) is 20.5 Å². The Morgan fingerprint density at radius 3 is 3.07 bits per heavy atom. The Hall–Kier alpha value is -1.47. The summed E-state index contributed by atoms with van der Waals surface area (Å²) in [5, 5.41) is 17.9. The van der Waals surface area contributed by atoms with Crippen LogP contribution in [-0.4, -0.2) is 46.0 Å². The number of rotatable bonds is 2. The molecule has 0 aliphatic carbocycles. The van der Waals surface area contributed by atoms with E-state index in [2.05, 4.69) is 20.5 Å². The molecule has 1 aromatic rings. The standard InChI is InChI=1S/C7H10N4O3/c12-7(13)6-9-5(10-11-6)4-3-14-2-1-8-4/h4,8H,1-3H2,(H,12,13)(H,9,10,11). The van der Waals surface area contributed by atoms with E-state index in [1.165, 1.54) is 0 Å². The zero-order valence-electron chi connectivity index (χ0n) is 7.36. The molecule has 7 heteroatoms. The molecule has 0 spiro atoms. The summed E-state index contributed by atoms with van der Waals surface area (Å²) in [4.78, 5) is 14.3. The number of carbonyl (C=O) groups is 1. The van der Waals surface area contributed by atoms with Gasteiger partial charge in [0, 0.05) is 6.54 Å². The second-order valence-electron chi connectivity index (χ2n) is 2.93. The number of carboxylic acids is 1. The molecule has 0 radical (unpaired) electrons. The normalized spacial score (nSPS) is 22.1. The van der Waals surface area contributed by atoms with Gasteiger partial charge in [0.15, 0.2) is 0 Å². The fourth-order valence-electron chi connectivity index (χ4n) is 1.27. The second kappa shape index (κ2) is 3.72. The largest absolute Gasteiger partial charge is 0.475 e. The molecule has 76 valence electrons. The third kappa shape index (κ3) is 1.73. The first-order chi connectivity index (χ1) is 6.77. The summed E-state index contributed by atoms with van der Waals surface area (Å²) in [6, 6.07) is -0.0932. The van der Waals surface area contributed by atoms with Crippen LogP contribution in [0.5, 0.6) is 0 Å². The predicted octanol–water partition coefficient (Wildman–Crippen LogP) is -0.836. The van der Waals surface area contributed by atoms with Crippen LogP contribution < -0.4 is 5.32 Å². The van der Waals surface area contributed by atoms with Gasteiger partial charge in [-0.3, -0.25) is 5.10 Å². The molecule has 2 rings (SSSR count). The maximum Gasteiger partial charge on any atom is 0.375 e. The van der Waals surface area contributed by atoms with E-state index in [1.54, 1.807) is 0 Å². The molecule has 1 unspecified atom stereocenters. The number of ether oxygens (including phenoxy) is 1. The van der Waals surface area contributed by atoms with E-state index in [4.69, 9.17) is 9.84 Å². The first kappa shape index (κ1) is 9.10. The number of nitrogens with zero attached hydrogens (tertiary/aromatic N) is 2. The molecule has 1 aromatic heterocycles. The number of aromatic nitrogens is 3. The Morgan fingerprint density at radius 2 is 2.50 bits per heavy atom. The number of morpholine rings is 1. The van der Waals surface area contributed by atoms with Gasteiger partial charge < -0.3 is 15.2 Å². The third-order valence-electron chi connectivity index (χ3n) is 1.95. The van der Waals surface area contributed by atoms with E-state index in [-0.39, 0.29) is 11.9 Å². The summed E-state index contributed by atoms with van der Waals surface area (Å²) >= 11 is 0. The average molecular weight is 198 g/mol. The van der Waals surface area contributed by atoms with E-state index in [1.807, 2.05) is 0 Å². The van der Waals surface area contributed by atoms with Crippen LogP contribution in [-0.2, 0) is 4.74 Å². The first-order valence-electron chi connectivity index (χ1n) is 4.24. The SMILES string of the molecule is O=C(O)c1n[nH]c(C2COCCN2)n1. The van der Waals surface area contributed by atoms with E-state index in [0.29, 0.717) is 19.0 Å². The predicted molar refractivity (Wildman–Crippen MR) is 44.9 cm³/mol. The van der Waals surface area contributed by atoms with Gasteiger partial charge in [-0.2, -0.15) is 0 Å². The number of aromatic amines is 1. The lowest BCUT2D eigenvalue weighted by atomic mass is 10.2. The van der Waals surface area contributed by atoms with Crippen molar-refractivity contribution in [3.05, 3.63) is 11.6 Å². The number of aromatic carboxylic acids is 1. The van der Waals surface area contributed by atoms with Gasteiger partial charge in [0.2, 0.25) is 0 Å². The number of H-pyrrole nitrogens is 1. The van der Waals surface area contributed by atoms with Crippen LogP contribution in [0.1, 0.15) is 22.5 Å². The van der Waals surface area contributed by atoms with Gasteiger partial charge in [-0.25, -0.2) is 9.78 Å². The summed E-state index contributed by atoms with van der Waals surface area (Å²) in [7, 11) is 0. The molecule has 1 aliphatic heterocycles. The lowest BCUT2D eigenvalue weighted by Gasteiger charge is -2.21. The number of nitrogens with one attached hydrogen (secondary N) is 2. The van der Waals surface area contributed by atoms with Crippen molar-refractivity contribution >= 4 is 5.97 Å². The topological polar surface area (TPSA) is 100 Å². The minimum absolute atomic E-state index is 0.0932.